The number of amides is 1. The average Bonchev–Trinajstić information content (AvgIpc) is 2.43. The van der Waals surface area contributed by atoms with Gasteiger partial charge in [0.05, 0.1) is 13.0 Å². The number of unbranched alkanes of at least 4 members (excludes halogenated alkanes) is 1. The maximum absolute atomic E-state index is 11.7. The second-order valence-corrected chi connectivity index (χ2v) is 5.09. The zero-order valence-electron chi connectivity index (χ0n) is 12.0. The van der Waals surface area contributed by atoms with E-state index < -0.39 is 12.0 Å². The van der Waals surface area contributed by atoms with E-state index in [1.54, 1.807) is 24.3 Å². The van der Waals surface area contributed by atoms with Gasteiger partial charge in [-0.15, -0.1) is 0 Å². The van der Waals surface area contributed by atoms with E-state index in [1.807, 2.05) is 6.92 Å². The summed E-state index contributed by atoms with van der Waals surface area (Å²) in [6, 6.07) is 6.05. The molecule has 116 valence electrons. The van der Waals surface area contributed by atoms with Crippen LogP contribution < -0.4 is 10.1 Å². The molecule has 0 aromatic heterocycles. The van der Waals surface area contributed by atoms with Crippen molar-refractivity contribution in [3.8, 4) is 5.75 Å². The SMILES string of the molecule is CCCCC(NC(=O)CCOc1cccc(Cl)c1)C(=O)O. The second-order valence-electron chi connectivity index (χ2n) is 4.66. The number of hydrogen-bond donors (Lipinski definition) is 2. The molecule has 0 saturated carbocycles. The molecule has 5 nitrogen and oxygen atoms in total. The van der Waals surface area contributed by atoms with Gasteiger partial charge < -0.3 is 15.2 Å². The molecule has 0 aliphatic heterocycles. The number of ether oxygens (including phenoxy) is 1. The van der Waals surface area contributed by atoms with Crippen LogP contribution >= 0.6 is 11.6 Å². The minimum absolute atomic E-state index is 0.0996. The van der Waals surface area contributed by atoms with E-state index in [1.165, 1.54) is 0 Å². The molecule has 6 heteroatoms. The van der Waals surface area contributed by atoms with Gasteiger partial charge >= 0.3 is 5.97 Å². The van der Waals surface area contributed by atoms with Gasteiger partial charge in [-0.2, -0.15) is 0 Å². The number of halogens is 1. The Balaban J connectivity index is 2.34. The van der Waals surface area contributed by atoms with Gasteiger partial charge in [0, 0.05) is 5.02 Å². The first kappa shape index (κ1) is 17.3. The molecule has 0 heterocycles. The van der Waals surface area contributed by atoms with Gasteiger partial charge in [0.2, 0.25) is 5.91 Å². The topological polar surface area (TPSA) is 75.6 Å². The van der Waals surface area contributed by atoms with E-state index in [4.69, 9.17) is 21.4 Å². The standard InChI is InChI=1S/C15H20ClNO4/c1-2-3-7-13(15(19)20)17-14(18)8-9-21-12-6-4-5-11(16)10-12/h4-6,10,13H,2-3,7-9H2,1H3,(H,17,18)(H,19,20). The molecule has 0 aliphatic carbocycles. The Kier molecular flexibility index (Phi) is 7.61. The van der Waals surface area contributed by atoms with Crippen molar-refractivity contribution in [3.05, 3.63) is 29.3 Å². The van der Waals surface area contributed by atoms with Gasteiger partial charge in [-0.3, -0.25) is 4.79 Å². The number of nitrogens with one attached hydrogen (secondary N) is 1. The first-order valence-electron chi connectivity index (χ1n) is 6.93. The van der Waals surface area contributed by atoms with Gasteiger partial charge in [0.25, 0.3) is 0 Å². The summed E-state index contributed by atoms with van der Waals surface area (Å²) < 4.78 is 5.39. The van der Waals surface area contributed by atoms with Crippen LogP contribution in [-0.4, -0.2) is 29.6 Å². The van der Waals surface area contributed by atoms with Crippen molar-refractivity contribution in [2.75, 3.05) is 6.61 Å². The van der Waals surface area contributed by atoms with Crippen molar-refractivity contribution >= 4 is 23.5 Å². The quantitative estimate of drug-likeness (QED) is 0.735. The van der Waals surface area contributed by atoms with Gasteiger partial charge in [0.1, 0.15) is 11.8 Å². The second kappa shape index (κ2) is 9.23. The summed E-state index contributed by atoms with van der Waals surface area (Å²) in [5.41, 5.74) is 0. The Morgan fingerprint density at radius 1 is 1.43 bits per heavy atom. The lowest BCUT2D eigenvalue weighted by Crippen LogP contribution is -2.41. The normalized spacial score (nSPS) is 11.7. The molecule has 21 heavy (non-hydrogen) atoms. The number of carbonyl (C=O) groups is 2. The van der Waals surface area contributed by atoms with E-state index in [-0.39, 0.29) is 18.9 Å². The van der Waals surface area contributed by atoms with Gasteiger partial charge in [-0.25, -0.2) is 4.79 Å². The first-order chi connectivity index (χ1) is 10.0. The Hall–Kier alpha value is -1.75. The predicted molar refractivity (Wildman–Crippen MR) is 80.7 cm³/mol. The summed E-state index contributed by atoms with van der Waals surface area (Å²) in [6.45, 7) is 2.14. The molecule has 0 aliphatic rings. The van der Waals surface area contributed by atoms with Gasteiger partial charge in [-0.05, 0) is 24.6 Å². The number of aliphatic carboxylic acids is 1. The van der Waals surface area contributed by atoms with E-state index in [9.17, 15) is 9.59 Å². The third-order valence-electron chi connectivity index (χ3n) is 2.87. The summed E-state index contributed by atoms with van der Waals surface area (Å²) in [5, 5.41) is 12.1. The average molecular weight is 314 g/mol. The maximum Gasteiger partial charge on any atom is 0.326 e. The third kappa shape index (κ3) is 6.99. The molecule has 1 aromatic carbocycles. The highest BCUT2D eigenvalue weighted by molar-refractivity contribution is 6.30. The summed E-state index contributed by atoms with van der Waals surface area (Å²) in [6.07, 6.45) is 2.18. The summed E-state index contributed by atoms with van der Waals surface area (Å²) in [7, 11) is 0. The number of carboxylic acid groups (broad SMARTS) is 1. The van der Waals surface area contributed by atoms with Gasteiger partial charge in [0.15, 0.2) is 0 Å². The van der Waals surface area contributed by atoms with Crippen LogP contribution in [0.3, 0.4) is 0 Å². The van der Waals surface area contributed by atoms with Crippen molar-refractivity contribution in [2.24, 2.45) is 0 Å². The Morgan fingerprint density at radius 3 is 2.81 bits per heavy atom. The molecule has 0 radical (unpaired) electrons. The maximum atomic E-state index is 11.7. The van der Waals surface area contributed by atoms with Crippen LogP contribution in [0, 0.1) is 0 Å². The highest BCUT2D eigenvalue weighted by Gasteiger charge is 2.18. The third-order valence-corrected chi connectivity index (χ3v) is 3.11. The molecular weight excluding hydrogens is 294 g/mol. The molecule has 1 atom stereocenters. The lowest BCUT2D eigenvalue weighted by molar-refractivity contribution is -0.142. The smallest absolute Gasteiger partial charge is 0.326 e. The molecule has 0 fully saturated rings. The zero-order valence-corrected chi connectivity index (χ0v) is 12.7. The lowest BCUT2D eigenvalue weighted by atomic mass is 10.1. The zero-order chi connectivity index (χ0) is 15.7. The largest absolute Gasteiger partial charge is 0.493 e. The molecule has 1 unspecified atom stereocenters. The van der Waals surface area contributed by atoms with E-state index in [0.717, 1.165) is 12.8 Å². The van der Waals surface area contributed by atoms with E-state index in [0.29, 0.717) is 17.2 Å². The minimum atomic E-state index is -1.01. The Labute approximate surface area is 129 Å². The Morgan fingerprint density at radius 2 is 2.19 bits per heavy atom. The molecule has 0 saturated heterocycles. The van der Waals surface area contributed by atoms with E-state index in [2.05, 4.69) is 5.32 Å². The molecule has 1 aromatic rings. The summed E-state index contributed by atoms with van der Waals surface area (Å²) in [4.78, 5) is 22.7. The first-order valence-corrected chi connectivity index (χ1v) is 7.31. The van der Waals surface area contributed by atoms with Crippen LogP contribution in [0.4, 0.5) is 0 Å². The van der Waals surface area contributed by atoms with Crippen LogP contribution in [0.15, 0.2) is 24.3 Å². The van der Waals surface area contributed by atoms with Crippen molar-refractivity contribution in [1.82, 2.24) is 5.32 Å². The fourth-order valence-corrected chi connectivity index (χ4v) is 1.93. The monoisotopic (exact) mass is 313 g/mol. The van der Waals surface area contributed by atoms with Crippen molar-refractivity contribution < 1.29 is 19.4 Å². The number of hydrogen-bond acceptors (Lipinski definition) is 3. The fraction of sp³-hybridized carbons (Fsp3) is 0.467. The number of carboxylic acids is 1. The van der Waals surface area contributed by atoms with Crippen LogP contribution in [0.5, 0.6) is 5.75 Å². The molecular formula is C15H20ClNO4. The molecule has 2 N–H and O–H groups in total. The van der Waals surface area contributed by atoms with Crippen molar-refractivity contribution in [1.29, 1.82) is 0 Å². The molecule has 1 rings (SSSR count). The Bertz CT molecular complexity index is 478. The lowest BCUT2D eigenvalue weighted by Gasteiger charge is -2.14. The van der Waals surface area contributed by atoms with Crippen molar-refractivity contribution in [3.63, 3.8) is 0 Å². The molecule has 0 bridgehead atoms. The van der Waals surface area contributed by atoms with Crippen molar-refractivity contribution in [2.45, 2.75) is 38.6 Å². The van der Waals surface area contributed by atoms with Crippen LogP contribution in [-0.2, 0) is 9.59 Å². The number of rotatable bonds is 9. The minimum Gasteiger partial charge on any atom is -0.493 e. The highest BCUT2D eigenvalue weighted by atomic mass is 35.5. The van der Waals surface area contributed by atoms with Crippen LogP contribution in [0.1, 0.15) is 32.6 Å². The molecule has 1 amide bonds. The van der Waals surface area contributed by atoms with E-state index >= 15 is 0 Å². The summed E-state index contributed by atoms with van der Waals surface area (Å²) >= 11 is 5.81. The number of benzene rings is 1. The van der Waals surface area contributed by atoms with Gasteiger partial charge in [-0.1, -0.05) is 37.4 Å². The number of carbonyl (C=O) groups excluding carboxylic acids is 1. The predicted octanol–water partition coefficient (Wildman–Crippen LogP) is 2.87. The highest BCUT2D eigenvalue weighted by Crippen LogP contribution is 2.17. The molecule has 0 spiro atoms. The van der Waals surface area contributed by atoms with Crippen LogP contribution in [0.2, 0.25) is 5.02 Å². The summed E-state index contributed by atoms with van der Waals surface area (Å²) in [5.74, 6) is -0.760. The fourth-order valence-electron chi connectivity index (χ4n) is 1.75. The van der Waals surface area contributed by atoms with Crippen LogP contribution in [0.25, 0.3) is 0 Å².